The smallest absolute Gasteiger partial charge is 0.0555 e. The van der Waals surface area contributed by atoms with Gasteiger partial charge in [-0.2, -0.15) is 0 Å². The summed E-state index contributed by atoms with van der Waals surface area (Å²) in [6.07, 6.45) is 0. The SMILES string of the molecule is c1ccc(-c2ccc3c(c2)sc2c3ccc3c2c2ccccc2n3-c2ccc(-c3ccc(-n4c5ccccc5c5ccccc54)cc3)cc2)cc1. The van der Waals surface area contributed by atoms with E-state index in [9.17, 15) is 0 Å². The number of para-hydroxylation sites is 3. The van der Waals surface area contributed by atoms with Crippen LogP contribution in [0.3, 0.4) is 0 Å². The van der Waals surface area contributed by atoms with Crippen molar-refractivity contribution in [3.63, 3.8) is 0 Å². The van der Waals surface area contributed by atoms with E-state index in [0.717, 1.165) is 0 Å². The summed E-state index contributed by atoms with van der Waals surface area (Å²) in [5.74, 6) is 0. The van der Waals surface area contributed by atoms with E-state index in [2.05, 4.69) is 191 Å². The van der Waals surface area contributed by atoms with Crippen molar-refractivity contribution in [1.82, 2.24) is 9.13 Å². The molecule has 0 atom stereocenters. The van der Waals surface area contributed by atoms with Gasteiger partial charge in [0.15, 0.2) is 0 Å². The number of aromatic nitrogens is 2. The van der Waals surface area contributed by atoms with Crippen LogP contribution >= 0.6 is 11.3 Å². The van der Waals surface area contributed by atoms with Crippen molar-refractivity contribution in [2.75, 3.05) is 0 Å². The minimum absolute atomic E-state index is 1.17. The van der Waals surface area contributed by atoms with Gasteiger partial charge in [-0.3, -0.25) is 0 Å². The lowest BCUT2D eigenvalue weighted by Crippen LogP contribution is -1.94. The highest BCUT2D eigenvalue weighted by molar-refractivity contribution is 7.26. The van der Waals surface area contributed by atoms with Gasteiger partial charge >= 0.3 is 0 Å². The van der Waals surface area contributed by atoms with E-state index in [1.165, 1.54) is 97.4 Å². The Morgan fingerprint density at radius 3 is 1.41 bits per heavy atom. The summed E-state index contributed by atoms with van der Waals surface area (Å²) in [6, 6.07) is 66.5. The second-order valence-corrected chi connectivity index (χ2v) is 14.4. The molecule has 2 nitrogen and oxygen atoms in total. The van der Waals surface area contributed by atoms with Crippen molar-refractivity contribution >= 4 is 75.1 Å². The molecule has 0 saturated carbocycles. The molecule has 11 rings (SSSR count). The van der Waals surface area contributed by atoms with Crippen LogP contribution in [0.15, 0.2) is 182 Å². The first kappa shape index (κ1) is 28.4. The van der Waals surface area contributed by atoms with E-state index in [4.69, 9.17) is 0 Å². The number of thiophene rings is 1. The standard InChI is InChI=1S/C48H30N2S/c1-2-10-31(11-3-1)34-22-27-39-40-28-29-45-47(48(40)51-46(39)30-34)41-14-6-9-17-44(41)50(45)36-25-20-33(21-26-36)32-18-23-35(24-19-32)49-42-15-7-4-12-37(42)38-13-5-8-16-43(38)49/h1-30H. The minimum Gasteiger partial charge on any atom is -0.309 e. The molecular formula is C48H30N2S. The number of hydrogen-bond acceptors (Lipinski definition) is 1. The molecule has 0 radical (unpaired) electrons. The third kappa shape index (κ3) is 4.29. The maximum Gasteiger partial charge on any atom is 0.0555 e. The maximum atomic E-state index is 2.43. The Morgan fingerprint density at radius 2 is 0.784 bits per heavy atom. The Balaban J connectivity index is 1.000. The van der Waals surface area contributed by atoms with Crippen molar-refractivity contribution < 1.29 is 0 Å². The molecule has 0 fully saturated rings. The van der Waals surface area contributed by atoms with E-state index in [-0.39, 0.29) is 0 Å². The van der Waals surface area contributed by atoms with Crippen LogP contribution in [0.25, 0.3) is 97.4 Å². The first-order valence-corrected chi connectivity index (χ1v) is 18.3. The predicted octanol–water partition coefficient (Wildman–Crippen LogP) is 13.6. The average Bonchev–Trinajstić information content (AvgIpc) is 3.86. The molecule has 0 N–H and O–H groups in total. The zero-order chi connectivity index (χ0) is 33.5. The van der Waals surface area contributed by atoms with E-state index < -0.39 is 0 Å². The van der Waals surface area contributed by atoms with Crippen LogP contribution in [0.1, 0.15) is 0 Å². The summed E-state index contributed by atoms with van der Waals surface area (Å²) in [5, 5.41) is 7.82. The summed E-state index contributed by atoms with van der Waals surface area (Å²) in [4.78, 5) is 0. The lowest BCUT2D eigenvalue weighted by molar-refractivity contribution is 1.18. The van der Waals surface area contributed by atoms with Gasteiger partial charge in [-0.25, -0.2) is 0 Å². The van der Waals surface area contributed by atoms with Crippen LogP contribution in [0.4, 0.5) is 0 Å². The molecule has 0 aliphatic rings. The van der Waals surface area contributed by atoms with Gasteiger partial charge in [0, 0.05) is 53.1 Å². The molecule has 0 aliphatic heterocycles. The van der Waals surface area contributed by atoms with Gasteiger partial charge in [-0.1, -0.05) is 127 Å². The lowest BCUT2D eigenvalue weighted by atomic mass is 10.0. The van der Waals surface area contributed by atoms with Gasteiger partial charge in [0.05, 0.1) is 22.1 Å². The zero-order valence-electron chi connectivity index (χ0n) is 27.6. The molecule has 0 unspecified atom stereocenters. The summed E-state index contributed by atoms with van der Waals surface area (Å²) in [7, 11) is 0. The van der Waals surface area contributed by atoms with Crippen molar-refractivity contribution in [1.29, 1.82) is 0 Å². The van der Waals surface area contributed by atoms with Crippen LogP contribution in [-0.4, -0.2) is 9.13 Å². The number of hydrogen-bond donors (Lipinski definition) is 0. The number of nitrogens with zero attached hydrogens (tertiary/aromatic N) is 2. The van der Waals surface area contributed by atoms with Crippen LogP contribution in [-0.2, 0) is 0 Å². The molecule has 8 aromatic carbocycles. The molecular weight excluding hydrogens is 637 g/mol. The molecule has 0 saturated heterocycles. The number of fused-ring (bicyclic) bond motifs is 10. The van der Waals surface area contributed by atoms with Gasteiger partial charge in [-0.15, -0.1) is 11.3 Å². The third-order valence-corrected chi connectivity index (χ3v) is 11.7. The number of benzene rings is 8. The molecule has 238 valence electrons. The molecule has 0 aliphatic carbocycles. The maximum absolute atomic E-state index is 2.43. The topological polar surface area (TPSA) is 9.86 Å². The predicted molar refractivity (Wildman–Crippen MR) is 219 cm³/mol. The Hall–Kier alpha value is -6.42. The molecule has 0 amide bonds. The van der Waals surface area contributed by atoms with Gasteiger partial charge in [0.2, 0.25) is 0 Å². The van der Waals surface area contributed by atoms with Crippen molar-refractivity contribution in [3.05, 3.63) is 182 Å². The Labute approximate surface area is 298 Å². The van der Waals surface area contributed by atoms with Crippen LogP contribution in [0.2, 0.25) is 0 Å². The summed E-state index contributed by atoms with van der Waals surface area (Å²) in [6.45, 7) is 0. The fourth-order valence-corrected chi connectivity index (χ4v) is 9.48. The Morgan fingerprint density at radius 1 is 0.314 bits per heavy atom. The zero-order valence-corrected chi connectivity index (χ0v) is 28.4. The molecule has 3 aromatic heterocycles. The quantitative estimate of drug-likeness (QED) is 0.177. The molecule has 51 heavy (non-hydrogen) atoms. The molecule has 0 spiro atoms. The van der Waals surface area contributed by atoms with E-state index in [1.807, 2.05) is 11.3 Å². The Bertz CT molecular complexity index is 3050. The highest BCUT2D eigenvalue weighted by Gasteiger charge is 2.18. The van der Waals surface area contributed by atoms with Crippen LogP contribution in [0.5, 0.6) is 0 Å². The molecule has 3 heterocycles. The summed E-state index contributed by atoms with van der Waals surface area (Å²) >= 11 is 1.91. The normalized spacial score (nSPS) is 11.9. The van der Waals surface area contributed by atoms with Crippen LogP contribution in [0, 0.1) is 0 Å². The van der Waals surface area contributed by atoms with E-state index >= 15 is 0 Å². The summed E-state index contributed by atoms with van der Waals surface area (Å²) < 4.78 is 7.47. The van der Waals surface area contributed by atoms with Gasteiger partial charge in [0.25, 0.3) is 0 Å². The Kier molecular flexibility index (Phi) is 6.16. The van der Waals surface area contributed by atoms with E-state index in [1.54, 1.807) is 0 Å². The van der Waals surface area contributed by atoms with Crippen molar-refractivity contribution in [2.24, 2.45) is 0 Å². The van der Waals surface area contributed by atoms with Crippen molar-refractivity contribution in [2.45, 2.75) is 0 Å². The van der Waals surface area contributed by atoms with Gasteiger partial charge in [-0.05, 0) is 76.9 Å². The minimum atomic E-state index is 1.17. The van der Waals surface area contributed by atoms with Gasteiger partial charge in [0.1, 0.15) is 0 Å². The first-order valence-electron chi connectivity index (χ1n) is 17.4. The van der Waals surface area contributed by atoms with Crippen LogP contribution < -0.4 is 0 Å². The second kappa shape index (κ2) is 11.0. The molecule has 0 bridgehead atoms. The monoisotopic (exact) mass is 666 g/mol. The third-order valence-electron chi connectivity index (χ3n) is 10.5. The van der Waals surface area contributed by atoms with Gasteiger partial charge < -0.3 is 9.13 Å². The lowest BCUT2D eigenvalue weighted by Gasteiger charge is -2.11. The van der Waals surface area contributed by atoms with Crippen molar-refractivity contribution in [3.8, 4) is 33.6 Å². The highest BCUT2D eigenvalue weighted by Crippen LogP contribution is 2.44. The second-order valence-electron chi connectivity index (χ2n) is 13.3. The summed E-state index contributed by atoms with van der Waals surface area (Å²) in [5.41, 5.74) is 12.2. The molecule has 11 aromatic rings. The number of rotatable bonds is 4. The fourth-order valence-electron chi connectivity index (χ4n) is 8.18. The van der Waals surface area contributed by atoms with E-state index in [0.29, 0.717) is 0 Å². The average molecular weight is 667 g/mol. The highest BCUT2D eigenvalue weighted by atomic mass is 32.1. The first-order chi connectivity index (χ1) is 25.3. The largest absolute Gasteiger partial charge is 0.309 e. The molecule has 3 heteroatoms. The fraction of sp³-hybridized carbons (Fsp3) is 0.